The van der Waals surface area contributed by atoms with E-state index in [1.165, 1.54) is 66.8 Å². The summed E-state index contributed by atoms with van der Waals surface area (Å²) in [5.74, 6) is 0. The second kappa shape index (κ2) is 15.9. The molecule has 10 aromatic rings. The SMILES string of the molecule is C=Cc1ccc(-c2ccc(-c3ccc(N(c4ccc(-c5ccccc5)cc4)c4ccc5c(c4)C4(c6ccccc6-c6ccccc64)c4ccccc4-5)cc3-c3ccccc3)cc2)cc1C=C. The Labute approximate surface area is 387 Å². The maximum atomic E-state index is 4.05. The van der Waals surface area contributed by atoms with Crippen LogP contribution in [0.4, 0.5) is 17.1 Å². The Hall–Kier alpha value is -8.52. The number of anilines is 3. The van der Waals surface area contributed by atoms with Gasteiger partial charge < -0.3 is 4.90 Å². The minimum absolute atomic E-state index is 0.454. The molecule has 310 valence electrons. The lowest BCUT2D eigenvalue weighted by Gasteiger charge is -2.32. The zero-order valence-electron chi connectivity index (χ0n) is 36.5. The number of nitrogens with zero attached hydrogens (tertiary/aromatic N) is 1. The first-order valence-electron chi connectivity index (χ1n) is 22.7. The van der Waals surface area contributed by atoms with Gasteiger partial charge in [0.2, 0.25) is 0 Å². The summed E-state index contributed by atoms with van der Waals surface area (Å²) in [6, 6.07) is 87.2. The molecule has 0 aromatic heterocycles. The van der Waals surface area contributed by atoms with E-state index in [4.69, 9.17) is 0 Å². The van der Waals surface area contributed by atoms with Gasteiger partial charge in [-0.25, -0.2) is 0 Å². The van der Waals surface area contributed by atoms with Crippen LogP contribution in [0.25, 0.3) is 78.9 Å². The van der Waals surface area contributed by atoms with Gasteiger partial charge in [-0.15, -0.1) is 0 Å². The van der Waals surface area contributed by atoms with E-state index in [0.717, 1.165) is 50.4 Å². The molecular weight excluding hydrogens is 795 g/mol. The summed E-state index contributed by atoms with van der Waals surface area (Å²) in [7, 11) is 0. The summed E-state index contributed by atoms with van der Waals surface area (Å²) in [6.07, 6.45) is 3.78. The Morgan fingerprint density at radius 3 is 1.27 bits per heavy atom. The van der Waals surface area contributed by atoms with Crippen LogP contribution in [0, 0.1) is 0 Å². The van der Waals surface area contributed by atoms with Crippen LogP contribution in [0.5, 0.6) is 0 Å². The molecule has 2 aliphatic carbocycles. The fraction of sp³-hybridized carbons (Fsp3) is 0.0154. The smallest absolute Gasteiger partial charge is 0.0726 e. The molecule has 1 spiro atoms. The van der Waals surface area contributed by atoms with E-state index in [0.29, 0.717) is 0 Å². The van der Waals surface area contributed by atoms with Crippen molar-refractivity contribution < 1.29 is 0 Å². The maximum absolute atomic E-state index is 4.05. The van der Waals surface area contributed by atoms with Crippen molar-refractivity contribution in [3.63, 3.8) is 0 Å². The molecule has 0 amide bonds. The van der Waals surface area contributed by atoms with Crippen LogP contribution in [-0.2, 0) is 5.41 Å². The molecule has 0 heterocycles. The Morgan fingerprint density at radius 1 is 0.273 bits per heavy atom. The summed E-state index contributed by atoms with van der Waals surface area (Å²) >= 11 is 0. The topological polar surface area (TPSA) is 3.24 Å². The minimum atomic E-state index is -0.454. The third-order valence-electron chi connectivity index (χ3n) is 13.9. The van der Waals surface area contributed by atoms with Crippen molar-refractivity contribution in [3.05, 3.63) is 283 Å². The lowest BCUT2D eigenvalue weighted by atomic mass is 9.70. The van der Waals surface area contributed by atoms with E-state index in [1.54, 1.807) is 0 Å². The Bertz CT molecular complexity index is 3420. The summed E-state index contributed by atoms with van der Waals surface area (Å²) in [4.78, 5) is 2.45. The van der Waals surface area contributed by atoms with Crippen LogP contribution in [0.2, 0.25) is 0 Å². The van der Waals surface area contributed by atoms with E-state index >= 15 is 0 Å². The van der Waals surface area contributed by atoms with Crippen LogP contribution in [-0.4, -0.2) is 0 Å². The quantitative estimate of drug-likeness (QED) is 0.140. The van der Waals surface area contributed by atoms with E-state index in [1.807, 2.05) is 12.2 Å². The van der Waals surface area contributed by atoms with Crippen LogP contribution in [0.1, 0.15) is 33.4 Å². The van der Waals surface area contributed by atoms with Crippen molar-refractivity contribution in [2.45, 2.75) is 5.41 Å². The normalized spacial score (nSPS) is 12.5. The number of hydrogen-bond acceptors (Lipinski definition) is 1. The summed E-state index contributed by atoms with van der Waals surface area (Å²) in [5.41, 5.74) is 24.8. The molecule has 1 heteroatoms. The first-order chi connectivity index (χ1) is 32.6. The zero-order valence-corrected chi connectivity index (χ0v) is 36.5. The van der Waals surface area contributed by atoms with Gasteiger partial charge in [0.1, 0.15) is 0 Å². The standard InChI is InChI=1S/C65H45N/c1-3-44-27-32-51(41-45(44)4-2)48-28-30-50(31-29-48)55-39-37-53(42-60(55)49-19-9-6-10-20-49)66(52-35-33-47(34-36-52)46-17-7-5-8-18-46)54-38-40-59-58-23-13-16-26-63(58)65(64(59)43-54)61-24-14-11-21-56(61)57-22-12-15-25-62(57)65/h3-43H,1-2H2. The molecule has 12 rings (SSSR count). The molecule has 1 nitrogen and oxygen atoms in total. The first kappa shape index (κ1) is 39.1. The molecule has 0 radical (unpaired) electrons. The highest BCUT2D eigenvalue weighted by Gasteiger charge is 2.51. The molecule has 66 heavy (non-hydrogen) atoms. The monoisotopic (exact) mass is 839 g/mol. The number of hydrogen-bond donors (Lipinski definition) is 0. The molecular formula is C65H45N. The minimum Gasteiger partial charge on any atom is -0.310 e. The molecule has 0 N–H and O–H groups in total. The van der Waals surface area contributed by atoms with Gasteiger partial charge >= 0.3 is 0 Å². The molecule has 10 aromatic carbocycles. The Kier molecular flexibility index (Phi) is 9.43. The molecule has 0 aliphatic heterocycles. The molecule has 0 bridgehead atoms. The fourth-order valence-electron chi connectivity index (χ4n) is 10.8. The van der Waals surface area contributed by atoms with Gasteiger partial charge in [0.15, 0.2) is 0 Å². The van der Waals surface area contributed by atoms with Crippen LogP contribution < -0.4 is 4.90 Å². The molecule has 0 fully saturated rings. The van der Waals surface area contributed by atoms with Gasteiger partial charge in [0.05, 0.1) is 5.41 Å². The largest absolute Gasteiger partial charge is 0.310 e. The Balaban J connectivity index is 1.04. The van der Waals surface area contributed by atoms with E-state index in [-0.39, 0.29) is 0 Å². The fourth-order valence-corrected chi connectivity index (χ4v) is 10.8. The third-order valence-corrected chi connectivity index (χ3v) is 13.9. The van der Waals surface area contributed by atoms with Gasteiger partial charge in [-0.05, 0) is 143 Å². The second-order valence-corrected chi connectivity index (χ2v) is 17.3. The molecule has 0 atom stereocenters. The third kappa shape index (κ3) is 6.16. The lowest BCUT2D eigenvalue weighted by Crippen LogP contribution is -2.26. The summed E-state index contributed by atoms with van der Waals surface area (Å²) in [5, 5.41) is 0. The highest BCUT2D eigenvalue weighted by molar-refractivity contribution is 5.97. The highest BCUT2D eigenvalue weighted by atomic mass is 15.1. The first-order valence-corrected chi connectivity index (χ1v) is 22.7. The highest BCUT2D eigenvalue weighted by Crippen LogP contribution is 2.63. The summed E-state index contributed by atoms with van der Waals surface area (Å²) in [6.45, 7) is 8.03. The van der Waals surface area contributed by atoms with Crippen molar-refractivity contribution in [1.82, 2.24) is 0 Å². The average molecular weight is 840 g/mol. The van der Waals surface area contributed by atoms with Crippen molar-refractivity contribution in [2.75, 3.05) is 4.90 Å². The van der Waals surface area contributed by atoms with Crippen molar-refractivity contribution in [3.8, 4) is 66.8 Å². The second-order valence-electron chi connectivity index (χ2n) is 17.3. The van der Waals surface area contributed by atoms with Gasteiger partial charge in [0, 0.05) is 17.1 Å². The van der Waals surface area contributed by atoms with Crippen molar-refractivity contribution in [2.24, 2.45) is 0 Å². The predicted molar refractivity (Wildman–Crippen MR) is 279 cm³/mol. The molecule has 2 aliphatic rings. The number of fused-ring (bicyclic) bond motifs is 10. The van der Waals surface area contributed by atoms with Crippen molar-refractivity contribution in [1.29, 1.82) is 0 Å². The summed E-state index contributed by atoms with van der Waals surface area (Å²) < 4.78 is 0. The number of benzene rings is 10. The van der Waals surface area contributed by atoms with E-state index < -0.39 is 5.41 Å². The van der Waals surface area contributed by atoms with E-state index in [9.17, 15) is 0 Å². The molecule has 0 saturated carbocycles. The van der Waals surface area contributed by atoms with Crippen LogP contribution >= 0.6 is 0 Å². The van der Waals surface area contributed by atoms with Crippen LogP contribution in [0.3, 0.4) is 0 Å². The Morgan fingerprint density at radius 2 is 0.682 bits per heavy atom. The van der Waals surface area contributed by atoms with Gasteiger partial charge in [0.25, 0.3) is 0 Å². The van der Waals surface area contributed by atoms with Gasteiger partial charge in [-0.2, -0.15) is 0 Å². The van der Waals surface area contributed by atoms with Gasteiger partial charge in [-0.1, -0.05) is 219 Å². The van der Waals surface area contributed by atoms with E-state index in [2.05, 4.69) is 255 Å². The van der Waals surface area contributed by atoms with Gasteiger partial charge in [-0.3, -0.25) is 0 Å². The van der Waals surface area contributed by atoms with Crippen LogP contribution in [0.15, 0.2) is 250 Å². The molecule has 0 unspecified atom stereocenters. The van der Waals surface area contributed by atoms with Crippen molar-refractivity contribution >= 4 is 29.2 Å². The predicted octanol–water partition coefficient (Wildman–Crippen LogP) is 17.5. The maximum Gasteiger partial charge on any atom is 0.0726 e. The average Bonchev–Trinajstić information content (AvgIpc) is 3.86. The molecule has 0 saturated heterocycles. The number of rotatable bonds is 9. The lowest BCUT2D eigenvalue weighted by molar-refractivity contribution is 0.793. The zero-order chi connectivity index (χ0) is 44.2.